The number of carbonyl (C=O) groups is 3. The maximum atomic E-state index is 13.1. The molecule has 3 aromatic carbocycles. The summed E-state index contributed by atoms with van der Waals surface area (Å²) in [4.78, 5) is 39.7. The quantitative estimate of drug-likeness (QED) is 0.366. The Kier molecular flexibility index (Phi) is 8.74. The molecule has 4 N–H and O–H groups in total. The first kappa shape index (κ1) is 26.6. The first-order chi connectivity index (χ1) is 17.8. The largest absolute Gasteiger partial charge is 0.480 e. The maximum Gasteiger partial charge on any atom is 0.326 e. The molecule has 3 aromatic rings. The van der Waals surface area contributed by atoms with E-state index < -0.39 is 30.0 Å². The number of carboxylic acid groups (broad SMARTS) is 1. The number of rotatable bonds is 9. The minimum absolute atomic E-state index is 0.139. The molecule has 1 heterocycles. The maximum absolute atomic E-state index is 13.1. The minimum atomic E-state index is -1.12. The summed E-state index contributed by atoms with van der Waals surface area (Å²) in [5.41, 5.74) is 10.0. The Labute approximate surface area is 224 Å². The van der Waals surface area contributed by atoms with Crippen molar-refractivity contribution in [2.45, 2.75) is 43.8 Å². The smallest absolute Gasteiger partial charge is 0.326 e. The van der Waals surface area contributed by atoms with Crippen LogP contribution in [-0.2, 0) is 27.2 Å². The van der Waals surface area contributed by atoms with Crippen molar-refractivity contribution < 1.29 is 19.5 Å². The molecule has 1 fully saturated rings. The Morgan fingerprint density at radius 3 is 2.16 bits per heavy atom. The van der Waals surface area contributed by atoms with Crippen molar-refractivity contribution in [3.63, 3.8) is 0 Å². The molecule has 0 aromatic heterocycles. The molecule has 0 bridgehead atoms. The Morgan fingerprint density at radius 1 is 0.919 bits per heavy atom. The third-order valence-corrected chi connectivity index (χ3v) is 7.17. The van der Waals surface area contributed by atoms with Gasteiger partial charge < -0.3 is 21.1 Å². The summed E-state index contributed by atoms with van der Waals surface area (Å²) >= 11 is 3.39. The van der Waals surface area contributed by atoms with Crippen molar-refractivity contribution in [3.05, 3.63) is 94.5 Å². The van der Waals surface area contributed by atoms with Gasteiger partial charge in [-0.1, -0.05) is 82.7 Å². The number of hydrogen-bond donors (Lipinski definition) is 3. The zero-order chi connectivity index (χ0) is 26.4. The number of carbonyl (C=O) groups excluding carboxylic acids is 2. The van der Waals surface area contributed by atoms with E-state index in [1.54, 1.807) is 0 Å². The van der Waals surface area contributed by atoms with Crippen LogP contribution in [-0.4, -0.2) is 52.5 Å². The molecule has 0 radical (unpaired) electrons. The monoisotopic (exact) mass is 563 g/mol. The number of aliphatic carboxylic acids is 1. The lowest BCUT2D eigenvalue weighted by Gasteiger charge is -2.28. The van der Waals surface area contributed by atoms with E-state index in [-0.39, 0.29) is 12.3 Å². The topological polar surface area (TPSA) is 113 Å². The van der Waals surface area contributed by atoms with Gasteiger partial charge in [-0.25, -0.2) is 4.79 Å². The summed E-state index contributed by atoms with van der Waals surface area (Å²) < 4.78 is 0.938. The van der Waals surface area contributed by atoms with E-state index in [0.717, 1.165) is 26.7 Å². The van der Waals surface area contributed by atoms with Gasteiger partial charge in [0.2, 0.25) is 11.8 Å². The van der Waals surface area contributed by atoms with E-state index in [2.05, 4.69) is 21.2 Å². The predicted octanol–water partition coefficient (Wildman–Crippen LogP) is 3.79. The number of nitrogens with zero attached hydrogens (tertiary/aromatic N) is 1. The molecule has 4 rings (SSSR count). The SMILES string of the molecule is NC(Cc1ccc(Br)cc1)C(=O)N1CCC[C@H]1C(=O)N[C@H](Cc1ccc(-c2ccccc2)cc1)C(=O)O. The number of halogens is 1. The highest BCUT2D eigenvalue weighted by Crippen LogP contribution is 2.22. The van der Waals surface area contributed by atoms with Crippen molar-refractivity contribution in [1.82, 2.24) is 10.2 Å². The number of hydrogen-bond acceptors (Lipinski definition) is 4. The lowest BCUT2D eigenvalue weighted by molar-refractivity contribution is -0.144. The molecule has 37 heavy (non-hydrogen) atoms. The molecule has 1 saturated heterocycles. The number of likely N-dealkylation sites (tertiary alicyclic amines) is 1. The van der Waals surface area contributed by atoms with Crippen molar-refractivity contribution >= 4 is 33.7 Å². The Balaban J connectivity index is 1.38. The van der Waals surface area contributed by atoms with E-state index in [1.807, 2.05) is 78.9 Å². The van der Waals surface area contributed by atoms with Crippen molar-refractivity contribution in [3.8, 4) is 11.1 Å². The molecular formula is C29H30BrN3O4. The van der Waals surface area contributed by atoms with Crippen LogP contribution in [0, 0.1) is 0 Å². The van der Waals surface area contributed by atoms with Crippen LogP contribution in [0.15, 0.2) is 83.3 Å². The van der Waals surface area contributed by atoms with Gasteiger partial charge in [0.15, 0.2) is 0 Å². The van der Waals surface area contributed by atoms with E-state index in [0.29, 0.717) is 25.8 Å². The highest BCUT2D eigenvalue weighted by Gasteiger charge is 2.37. The summed E-state index contributed by atoms with van der Waals surface area (Å²) in [5, 5.41) is 12.4. The van der Waals surface area contributed by atoms with Gasteiger partial charge in [0.1, 0.15) is 12.1 Å². The van der Waals surface area contributed by atoms with Crippen LogP contribution in [0.4, 0.5) is 0 Å². The second kappa shape index (κ2) is 12.2. The third kappa shape index (κ3) is 6.84. The summed E-state index contributed by atoms with van der Waals surface area (Å²) in [6.45, 7) is 0.420. The van der Waals surface area contributed by atoms with Crippen LogP contribution in [0.5, 0.6) is 0 Å². The van der Waals surface area contributed by atoms with Gasteiger partial charge in [0, 0.05) is 17.4 Å². The number of benzene rings is 3. The molecule has 3 atom stereocenters. The second-order valence-corrected chi connectivity index (χ2v) is 10.2. The van der Waals surface area contributed by atoms with Crippen molar-refractivity contribution in [1.29, 1.82) is 0 Å². The van der Waals surface area contributed by atoms with Gasteiger partial charge in [-0.05, 0) is 53.6 Å². The molecule has 8 heteroatoms. The Morgan fingerprint density at radius 2 is 1.51 bits per heavy atom. The number of amides is 2. The molecule has 0 spiro atoms. The van der Waals surface area contributed by atoms with E-state index >= 15 is 0 Å². The summed E-state index contributed by atoms with van der Waals surface area (Å²) in [5.74, 6) is -1.89. The average Bonchev–Trinajstić information content (AvgIpc) is 3.40. The lowest BCUT2D eigenvalue weighted by Crippen LogP contribution is -2.54. The van der Waals surface area contributed by atoms with E-state index in [9.17, 15) is 19.5 Å². The van der Waals surface area contributed by atoms with Gasteiger partial charge >= 0.3 is 5.97 Å². The highest BCUT2D eigenvalue weighted by molar-refractivity contribution is 9.10. The van der Waals surface area contributed by atoms with Gasteiger partial charge in [-0.15, -0.1) is 0 Å². The van der Waals surface area contributed by atoms with Crippen molar-refractivity contribution in [2.24, 2.45) is 5.73 Å². The van der Waals surface area contributed by atoms with Gasteiger partial charge in [-0.2, -0.15) is 0 Å². The lowest BCUT2D eigenvalue weighted by atomic mass is 10.0. The molecular weight excluding hydrogens is 534 g/mol. The van der Waals surface area contributed by atoms with E-state index in [4.69, 9.17) is 5.73 Å². The number of carboxylic acids is 1. The summed E-state index contributed by atoms with van der Waals surface area (Å²) in [6.07, 6.45) is 1.63. The molecule has 1 unspecified atom stereocenters. The number of nitrogens with two attached hydrogens (primary N) is 1. The molecule has 1 aliphatic heterocycles. The standard InChI is InChI=1S/C29H30BrN3O4/c30-23-14-10-19(11-15-23)17-24(31)28(35)33-16-4-7-26(33)27(34)32-25(29(36)37)18-20-8-12-22(13-9-20)21-5-2-1-3-6-21/h1-3,5-6,8-15,24-26H,4,7,16-18,31H2,(H,32,34)(H,36,37)/t24?,25-,26+/m1/s1. The van der Waals surface area contributed by atoms with Gasteiger partial charge in [-0.3, -0.25) is 9.59 Å². The van der Waals surface area contributed by atoms with E-state index in [1.165, 1.54) is 4.90 Å². The average molecular weight is 564 g/mol. The fourth-order valence-electron chi connectivity index (χ4n) is 4.65. The van der Waals surface area contributed by atoms with Crippen LogP contribution >= 0.6 is 15.9 Å². The Bertz CT molecular complexity index is 1230. The highest BCUT2D eigenvalue weighted by atomic mass is 79.9. The van der Waals surface area contributed by atoms with Crippen molar-refractivity contribution in [2.75, 3.05) is 6.54 Å². The minimum Gasteiger partial charge on any atom is -0.480 e. The van der Waals surface area contributed by atoms with Crippen LogP contribution in [0.3, 0.4) is 0 Å². The van der Waals surface area contributed by atoms with Crippen LogP contribution in [0.25, 0.3) is 11.1 Å². The number of nitrogens with one attached hydrogen (secondary N) is 1. The van der Waals surface area contributed by atoms with Crippen LogP contribution < -0.4 is 11.1 Å². The molecule has 0 aliphatic carbocycles. The predicted molar refractivity (Wildman–Crippen MR) is 146 cm³/mol. The first-order valence-electron chi connectivity index (χ1n) is 12.3. The fourth-order valence-corrected chi connectivity index (χ4v) is 4.91. The first-order valence-corrected chi connectivity index (χ1v) is 13.1. The summed E-state index contributed by atoms with van der Waals surface area (Å²) in [6, 6.07) is 22.5. The molecule has 1 aliphatic rings. The molecule has 7 nitrogen and oxygen atoms in total. The zero-order valence-electron chi connectivity index (χ0n) is 20.3. The Hall–Kier alpha value is -3.49. The molecule has 0 saturated carbocycles. The van der Waals surface area contributed by atoms with Gasteiger partial charge in [0.05, 0.1) is 6.04 Å². The summed E-state index contributed by atoms with van der Waals surface area (Å²) in [7, 11) is 0. The second-order valence-electron chi connectivity index (χ2n) is 9.29. The van der Waals surface area contributed by atoms with Crippen LogP contribution in [0.2, 0.25) is 0 Å². The third-order valence-electron chi connectivity index (χ3n) is 6.64. The van der Waals surface area contributed by atoms with Gasteiger partial charge in [0.25, 0.3) is 0 Å². The fraction of sp³-hybridized carbons (Fsp3) is 0.276. The van der Waals surface area contributed by atoms with Crippen LogP contribution in [0.1, 0.15) is 24.0 Å². The molecule has 192 valence electrons. The zero-order valence-corrected chi connectivity index (χ0v) is 21.9. The molecule has 2 amide bonds. The normalized spacial score (nSPS) is 16.7.